The second kappa shape index (κ2) is 5.38. The first kappa shape index (κ1) is 11.6. The number of aliphatic imine (C=N–C) groups is 2. The van der Waals surface area contributed by atoms with E-state index in [0.29, 0.717) is 12.5 Å². The van der Waals surface area contributed by atoms with Gasteiger partial charge >= 0.3 is 0 Å². The van der Waals surface area contributed by atoms with Crippen LogP contribution in [0, 0.1) is 5.92 Å². The van der Waals surface area contributed by atoms with Crippen LogP contribution in [0.1, 0.15) is 26.2 Å². The van der Waals surface area contributed by atoms with Gasteiger partial charge in [0.05, 0.1) is 0 Å². The van der Waals surface area contributed by atoms with Gasteiger partial charge in [-0.05, 0) is 25.2 Å². The van der Waals surface area contributed by atoms with E-state index in [4.69, 9.17) is 17.2 Å². The molecule has 0 aromatic heterocycles. The van der Waals surface area contributed by atoms with Gasteiger partial charge in [-0.25, -0.2) is 0 Å². The van der Waals surface area contributed by atoms with Gasteiger partial charge in [-0.2, -0.15) is 4.99 Å². The van der Waals surface area contributed by atoms with Gasteiger partial charge < -0.3 is 17.2 Å². The third-order valence-corrected chi connectivity index (χ3v) is 2.56. The first-order chi connectivity index (χ1) is 7.09. The maximum absolute atomic E-state index is 5.48. The van der Waals surface area contributed by atoms with Gasteiger partial charge in [-0.1, -0.05) is 18.6 Å². The lowest BCUT2D eigenvalue weighted by Crippen LogP contribution is -2.26. The summed E-state index contributed by atoms with van der Waals surface area (Å²) in [6.07, 6.45) is 5.67. The van der Waals surface area contributed by atoms with E-state index < -0.39 is 0 Å². The van der Waals surface area contributed by atoms with E-state index in [2.05, 4.69) is 23.0 Å². The monoisotopic (exact) mass is 209 g/mol. The van der Waals surface area contributed by atoms with Crippen molar-refractivity contribution in [1.82, 2.24) is 0 Å². The molecule has 0 spiro atoms. The summed E-state index contributed by atoms with van der Waals surface area (Å²) in [6.45, 7) is 2.89. The average Bonchev–Trinajstić information content (AvgIpc) is 2.50. The Morgan fingerprint density at radius 2 is 2.20 bits per heavy atom. The van der Waals surface area contributed by atoms with Crippen molar-refractivity contribution in [1.29, 1.82) is 0 Å². The predicted molar refractivity (Wildman–Crippen MR) is 63.4 cm³/mol. The maximum Gasteiger partial charge on any atom is 0.218 e. The highest BCUT2D eigenvalue weighted by Gasteiger charge is 2.12. The highest BCUT2D eigenvalue weighted by atomic mass is 15.1. The van der Waals surface area contributed by atoms with Crippen LogP contribution in [0.5, 0.6) is 0 Å². The minimum absolute atomic E-state index is 0.0512. The van der Waals surface area contributed by atoms with E-state index >= 15 is 0 Å². The van der Waals surface area contributed by atoms with E-state index in [9.17, 15) is 0 Å². The first-order valence-corrected chi connectivity index (χ1v) is 5.18. The van der Waals surface area contributed by atoms with Crippen molar-refractivity contribution in [3.63, 3.8) is 0 Å². The van der Waals surface area contributed by atoms with Crippen molar-refractivity contribution in [3.8, 4) is 0 Å². The molecule has 1 unspecified atom stereocenters. The summed E-state index contributed by atoms with van der Waals surface area (Å²) in [5.41, 5.74) is 17.3. The fourth-order valence-corrected chi connectivity index (χ4v) is 1.72. The maximum atomic E-state index is 5.48. The zero-order chi connectivity index (χ0) is 11.3. The Balaban J connectivity index is 2.35. The van der Waals surface area contributed by atoms with Crippen molar-refractivity contribution in [3.05, 3.63) is 11.6 Å². The van der Waals surface area contributed by atoms with Crippen LogP contribution in [0.2, 0.25) is 0 Å². The van der Waals surface area contributed by atoms with Gasteiger partial charge in [-0.3, -0.25) is 4.99 Å². The van der Waals surface area contributed by atoms with Crippen LogP contribution in [-0.2, 0) is 0 Å². The second-order valence-electron chi connectivity index (χ2n) is 3.78. The van der Waals surface area contributed by atoms with Crippen molar-refractivity contribution >= 4 is 11.9 Å². The minimum atomic E-state index is -0.0512. The van der Waals surface area contributed by atoms with Crippen molar-refractivity contribution in [2.45, 2.75) is 26.2 Å². The Morgan fingerprint density at radius 3 is 2.73 bits per heavy atom. The third kappa shape index (κ3) is 4.01. The smallest absolute Gasteiger partial charge is 0.218 e. The molecule has 15 heavy (non-hydrogen) atoms. The molecule has 1 aliphatic carbocycles. The number of allylic oxidation sites excluding steroid dienone is 1. The minimum Gasteiger partial charge on any atom is -0.370 e. The molecular formula is C10H19N5. The molecule has 1 atom stereocenters. The molecule has 0 saturated heterocycles. The van der Waals surface area contributed by atoms with Crippen LogP contribution in [0.15, 0.2) is 21.6 Å². The molecule has 0 radical (unpaired) electrons. The fraction of sp³-hybridized carbons (Fsp3) is 0.600. The van der Waals surface area contributed by atoms with E-state index in [1.165, 1.54) is 18.4 Å². The Morgan fingerprint density at radius 1 is 1.47 bits per heavy atom. The molecule has 5 nitrogen and oxygen atoms in total. The highest BCUT2D eigenvalue weighted by Crippen LogP contribution is 2.27. The molecule has 0 aromatic rings. The van der Waals surface area contributed by atoms with Crippen molar-refractivity contribution in [2.75, 3.05) is 6.54 Å². The lowest BCUT2D eigenvalue weighted by molar-refractivity contribution is 0.645. The number of nitrogens with two attached hydrogens (primary N) is 3. The second-order valence-corrected chi connectivity index (χ2v) is 3.78. The number of nitrogens with zero attached hydrogens (tertiary/aromatic N) is 2. The van der Waals surface area contributed by atoms with Crippen LogP contribution < -0.4 is 17.2 Å². The van der Waals surface area contributed by atoms with Gasteiger partial charge in [0, 0.05) is 6.54 Å². The molecule has 0 fully saturated rings. The lowest BCUT2D eigenvalue weighted by atomic mass is 10.0. The van der Waals surface area contributed by atoms with Gasteiger partial charge in [0.25, 0.3) is 0 Å². The molecule has 0 aromatic carbocycles. The van der Waals surface area contributed by atoms with E-state index in [0.717, 1.165) is 6.42 Å². The van der Waals surface area contributed by atoms with E-state index in [1.54, 1.807) is 0 Å². The lowest BCUT2D eigenvalue weighted by Gasteiger charge is -2.06. The predicted octanol–water partition coefficient (Wildman–Crippen LogP) is 0.321. The van der Waals surface area contributed by atoms with Crippen molar-refractivity contribution < 1.29 is 0 Å². The summed E-state index contributed by atoms with van der Waals surface area (Å²) in [5.74, 6) is 0.787. The van der Waals surface area contributed by atoms with Crippen LogP contribution >= 0.6 is 0 Å². The normalized spacial score (nSPS) is 21.3. The molecule has 0 heterocycles. The summed E-state index contributed by atoms with van der Waals surface area (Å²) in [7, 11) is 0. The number of hydrogen-bond acceptors (Lipinski definition) is 1. The standard InChI is InChI=1S/C10H19N5/c1-7-3-2-4-8(7)5-6-14-10(13)15-9(11)12/h4,7H,2-3,5-6H2,1H3,(H6,11,12,13,14,15). The van der Waals surface area contributed by atoms with E-state index in [-0.39, 0.29) is 11.9 Å². The summed E-state index contributed by atoms with van der Waals surface area (Å²) >= 11 is 0. The van der Waals surface area contributed by atoms with Gasteiger partial charge in [0.15, 0.2) is 5.96 Å². The Bertz CT molecular complexity index is 299. The average molecular weight is 209 g/mol. The molecule has 0 bridgehead atoms. The van der Waals surface area contributed by atoms with Crippen LogP contribution in [-0.4, -0.2) is 18.5 Å². The summed E-state index contributed by atoms with van der Waals surface area (Å²) in [4.78, 5) is 7.71. The molecule has 5 heteroatoms. The summed E-state index contributed by atoms with van der Waals surface area (Å²) in [6, 6.07) is 0. The van der Waals surface area contributed by atoms with Crippen LogP contribution in [0.25, 0.3) is 0 Å². The Labute approximate surface area is 90.1 Å². The number of guanidine groups is 2. The topological polar surface area (TPSA) is 103 Å². The molecule has 6 N–H and O–H groups in total. The van der Waals surface area contributed by atoms with Crippen molar-refractivity contribution in [2.24, 2.45) is 33.1 Å². The molecule has 84 valence electrons. The quantitative estimate of drug-likeness (QED) is 0.354. The molecule has 1 rings (SSSR count). The fourth-order valence-electron chi connectivity index (χ4n) is 1.72. The SMILES string of the molecule is CC1CCC=C1CCN=C(N)N=C(N)N. The Hall–Kier alpha value is -1.52. The van der Waals surface area contributed by atoms with E-state index in [1.807, 2.05) is 0 Å². The summed E-state index contributed by atoms with van der Waals surface area (Å²) in [5, 5.41) is 0. The molecule has 0 saturated carbocycles. The first-order valence-electron chi connectivity index (χ1n) is 5.18. The van der Waals surface area contributed by atoms with Crippen LogP contribution in [0.4, 0.5) is 0 Å². The molecular weight excluding hydrogens is 190 g/mol. The Kier molecular flexibility index (Phi) is 4.15. The zero-order valence-corrected chi connectivity index (χ0v) is 9.11. The van der Waals surface area contributed by atoms with Crippen LogP contribution in [0.3, 0.4) is 0 Å². The third-order valence-electron chi connectivity index (χ3n) is 2.56. The molecule has 0 aliphatic heterocycles. The number of hydrogen-bond donors (Lipinski definition) is 3. The van der Waals surface area contributed by atoms with Gasteiger partial charge in [0.2, 0.25) is 5.96 Å². The zero-order valence-electron chi connectivity index (χ0n) is 9.11. The molecule has 1 aliphatic rings. The number of rotatable bonds is 3. The highest BCUT2D eigenvalue weighted by molar-refractivity contribution is 5.92. The summed E-state index contributed by atoms with van der Waals surface area (Å²) < 4.78 is 0. The van der Waals surface area contributed by atoms with Gasteiger partial charge in [0.1, 0.15) is 0 Å². The molecule has 0 amide bonds. The van der Waals surface area contributed by atoms with Gasteiger partial charge in [-0.15, -0.1) is 0 Å². The largest absolute Gasteiger partial charge is 0.370 e.